The number of ether oxygens (including phenoxy) is 2. The summed E-state index contributed by atoms with van der Waals surface area (Å²) in [7, 11) is 1.62. The average Bonchev–Trinajstić information content (AvgIpc) is 3.09. The van der Waals surface area contributed by atoms with E-state index in [0.29, 0.717) is 23.7 Å². The molecular weight excluding hydrogens is 320 g/mol. The smallest absolute Gasteiger partial charge is 0.222 e. The van der Waals surface area contributed by atoms with Crippen molar-refractivity contribution in [2.75, 3.05) is 43.6 Å². The first-order valence-electron chi connectivity index (χ1n) is 8.57. The maximum absolute atomic E-state index is 6.05. The predicted octanol–water partition coefficient (Wildman–Crippen LogP) is 1.23. The van der Waals surface area contributed by atoms with Crippen molar-refractivity contribution in [3.8, 4) is 5.88 Å². The number of methoxy groups -OCH3 is 1. The van der Waals surface area contributed by atoms with Crippen LogP contribution in [-0.2, 0) is 4.74 Å². The monoisotopic (exact) mass is 342 g/mol. The van der Waals surface area contributed by atoms with Crippen molar-refractivity contribution in [3.63, 3.8) is 0 Å². The van der Waals surface area contributed by atoms with Gasteiger partial charge in [-0.3, -0.25) is 0 Å². The fourth-order valence-electron chi connectivity index (χ4n) is 3.70. The zero-order chi connectivity index (χ0) is 17.1. The van der Waals surface area contributed by atoms with Crippen LogP contribution in [0.15, 0.2) is 30.9 Å². The molecule has 0 radical (unpaired) electrons. The summed E-state index contributed by atoms with van der Waals surface area (Å²) in [6.07, 6.45) is 6.32. The Morgan fingerprint density at radius 2 is 2.16 bits per heavy atom. The lowest BCUT2D eigenvalue weighted by molar-refractivity contribution is 0.0991. The molecule has 4 rings (SSSR count). The van der Waals surface area contributed by atoms with Crippen LogP contribution >= 0.6 is 0 Å². The van der Waals surface area contributed by atoms with Crippen molar-refractivity contribution in [3.05, 3.63) is 30.9 Å². The fourth-order valence-corrected chi connectivity index (χ4v) is 3.70. The number of anilines is 2. The highest BCUT2D eigenvalue weighted by molar-refractivity contribution is 5.41. The van der Waals surface area contributed by atoms with Gasteiger partial charge in [0.2, 0.25) is 11.8 Å². The minimum Gasteiger partial charge on any atom is -0.481 e. The molecule has 0 aromatic carbocycles. The molecule has 4 heterocycles. The van der Waals surface area contributed by atoms with E-state index in [2.05, 4.69) is 30.2 Å². The van der Waals surface area contributed by atoms with Gasteiger partial charge in [-0.15, -0.1) is 0 Å². The summed E-state index contributed by atoms with van der Waals surface area (Å²) in [4.78, 5) is 19.2. The largest absolute Gasteiger partial charge is 0.481 e. The average molecular weight is 342 g/mol. The molecule has 2 saturated heterocycles. The van der Waals surface area contributed by atoms with E-state index in [0.717, 1.165) is 38.5 Å². The predicted molar refractivity (Wildman–Crippen MR) is 92.7 cm³/mol. The molecule has 2 aliphatic heterocycles. The number of aromatic nitrogens is 4. The minimum atomic E-state index is 0.205. The zero-order valence-electron chi connectivity index (χ0n) is 14.2. The lowest BCUT2D eigenvalue weighted by atomic mass is 9.84. The standard InChI is InChI=1S/C17H22N6O2/c1-24-16-7-15(21-11-22-16)23-6-3-13-12(9-23)10-25-14(13)8-20-17-18-4-2-5-19-17/h2,4-5,7,11-14H,3,6,8-10H2,1H3,(H,18,19,20)/t12-,13-,14-/m1/s1. The first-order chi connectivity index (χ1) is 12.3. The Bertz CT molecular complexity index is 701. The number of piperidine rings is 1. The number of fused-ring (bicyclic) bond motifs is 1. The Morgan fingerprint density at radius 1 is 1.28 bits per heavy atom. The van der Waals surface area contributed by atoms with Gasteiger partial charge in [-0.1, -0.05) is 0 Å². The van der Waals surface area contributed by atoms with Gasteiger partial charge >= 0.3 is 0 Å². The SMILES string of the molecule is COc1cc(N2CC[C@@H]3[C@@H](CO[C@@H]3CNc3ncccn3)C2)ncn1. The molecule has 2 aliphatic rings. The molecule has 1 N–H and O–H groups in total. The number of rotatable bonds is 5. The molecule has 0 bridgehead atoms. The van der Waals surface area contributed by atoms with Gasteiger partial charge in [-0.25, -0.2) is 19.9 Å². The molecule has 0 amide bonds. The van der Waals surface area contributed by atoms with Crippen LogP contribution in [0, 0.1) is 11.8 Å². The minimum absolute atomic E-state index is 0.205. The molecule has 8 nitrogen and oxygen atoms in total. The highest BCUT2D eigenvalue weighted by Gasteiger charge is 2.41. The number of hydrogen-bond acceptors (Lipinski definition) is 8. The highest BCUT2D eigenvalue weighted by atomic mass is 16.5. The Morgan fingerprint density at radius 3 is 3.00 bits per heavy atom. The van der Waals surface area contributed by atoms with E-state index in [9.17, 15) is 0 Å². The normalized spacial score (nSPS) is 25.5. The second kappa shape index (κ2) is 7.18. The van der Waals surface area contributed by atoms with E-state index in [4.69, 9.17) is 9.47 Å². The third-order valence-electron chi connectivity index (χ3n) is 4.98. The van der Waals surface area contributed by atoms with E-state index in [1.54, 1.807) is 25.8 Å². The van der Waals surface area contributed by atoms with E-state index in [-0.39, 0.29) is 6.10 Å². The summed E-state index contributed by atoms with van der Waals surface area (Å²) in [5.41, 5.74) is 0. The van der Waals surface area contributed by atoms with E-state index < -0.39 is 0 Å². The van der Waals surface area contributed by atoms with Crippen molar-refractivity contribution < 1.29 is 9.47 Å². The van der Waals surface area contributed by atoms with Gasteiger partial charge < -0.3 is 19.7 Å². The van der Waals surface area contributed by atoms with Gasteiger partial charge in [-0.2, -0.15) is 0 Å². The van der Waals surface area contributed by atoms with Gasteiger partial charge in [0.15, 0.2) is 0 Å². The van der Waals surface area contributed by atoms with Crippen LogP contribution in [0.5, 0.6) is 5.88 Å². The van der Waals surface area contributed by atoms with Gasteiger partial charge in [0.25, 0.3) is 0 Å². The van der Waals surface area contributed by atoms with Gasteiger partial charge in [-0.05, 0) is 18.4 Å². The molecule has 0 saturated carbocycles. The molecular formula is C17H22N6O2. The summed E-state index contributed by atoms with van der Waals surface area (Å²) in [5.74, 6) is 3.23. The molecule has 0 unspecified atom stereocenters. The Hall–Kier alpha value is -2.48. The van der Waals surface area contributed by atoms with Gasteiger partial charge in [0, 0.05) is 44.0 Å². The molecule has 8 heteroatoms. The molecule has 2 aromatic heterocycles. The Balaban J connectivity index is 1.36. The topological polar surface area (TPSA) is 85.3 Å². The van der Waals surface area contributed by atoms with Crippen LogP contribution in [-0.4, -0.2) is 59.4 Å². The lowest BCUT2D eigenvalue weighted by Gasteiger charge is -2.36. The van der Waals surface area contributed by atoms with E-state index >= 15 is 0 Å². The summed E-state index contributed by atoms with van der Waals surface area (Å²) in [5, 5.41) is 3.28. The van der Waals surface area contributed by atoms with Crippen LogP contribution in [0.4, 0.5) is 11.8 Å². The van der Waals surface area contributed by atoms with Crippen molar-refractivity contribution >= 4 is 11.8 Å². The summed E-state index contributed by atoms with van der Waals surface area (Å²) in [6, 6.07) is 3.70. The quantitative estimate of drug-likeness (QED) is 0.868. The van der Waals surface area contributed by atoms with Crippen LogP contribution in [0.2, 0.25) is 0 Å². The van der Waals surface area contributed by atoms with Crippen LogP contribution in [0.3, 0.4) is 0 Å². The van der Waals surface area contributed by atoms with Gasteiger partial charge in [0.1, 0.15) is 12.1 Å². The van der Waals surface area contributed by atoms with Crippen molar-refractivity contribution in [2.45, 2.75) is 12.5 Å². The number of nitrogens with zero attached hydrogens (tertiary/aromatic N) is 5. The molecule has 0 spiro atoms. The Labute approximate surface area is 146 Å². The third kappa shape index (κ3) is 3.48. The second-order valence-corrected chi connectivity index (χ2v) is 6.40. The number of nitrogens with one attached hydrogen (secondary N) is 1. The zero-order valence-corrected chi connectivity index (χ0v) is 14.2. The Kier molecular flexibility index (Phi) is 4.60. The maximum Gasteiger partial charge on any atom is 0.222 e. The van der Waals surface area contributed by atoms with E-state index in [1.807, 2.05) is 12.1 Å². The van der Waals surface area contributed by atoms with Crippen molar-refractivity contribution in [1.82, 2.24) is 19.9 Å². The molecule has 2 aromatic rings. The highest BCUT2D eigenvalue weighted by Crippen LogP contribution is 2.35. The molecule has 132 valence electrons. The van der Waals surface area contributed by atoms with Crippen LogP contribution < -0.4 is 15.0 Å². The molecule has 25 heavy (non-hydrogen) atoms. The lowest BCUT2D eigenvalue weighted by Crippen LogP contribution is -2.43. The van der Waals surface area contributed by atoms with E-state index in [1.165, 1.54) is 0 Å². The van der Waals surface area contributed by atoms with Crippen molar-refractivity contribution in [2.24, 2.45) is 11.8 Å². The maximum atomic E-state index is 6.05. The van der Waals surface area contributed by atoms with Crippen molar-refractivity contribution in [1.29, 1.82) is 0 Å². The molecule has 3 atom stereocenters. The second-order valence-electron chi connectivity index (χ2n) is 6.40. The summed E-state index contributed by atoms with van der Waals surface area (Å²) >= 11 is 0. The van der Waals surface area contributed by atoms with Crippen LogP contribution in [0.25, 0.3) is 0 Å². The third-order valence-corrected chi connectivity index (χ3v) is 4.98. The van der Waals surface area contributed by atoms with Crippen LogP contribution in [0.1, 0.15) is 6.42 Å². The summed E-state index contributed by atoms with van der Waals surface area (Å²) < 4.78 is 11.2. The molecule has 2 fully saturated rings. The summed E-state index contributed by atoms with van der Waals surface area (Å²) in [6.45, 7) is 3.43. The molecule has 0 aliphatic carbocycles. The number of hydrogen-bond donors (Lipinski definition) is 1. The van der Waals surface area contributed by atoms with Gasteiger partial charge in [0.05, 0.1) is 19.8 Å². The first-order valence-corrected chi connectivity index (χ1v) is 8.57. The fraction of sp³-hybridized carbons (Fsp3) is 0.529. The first kappa shape index (κ1) is 16.0.